The Morgan fingerprint density at radius 2 is 1.63 bits per heavy atom. The van der Waals surface area contributed by atoms with Gasteiger partial charge in [-0.25, -0.2) is 0 Å². The van der Waals surface area contributed by atoms with Gasteiger partial charge in [0.1, 0.15) is 0 Å². The van der Waals surface area contributed by atoms with Gasteiger partial charge in [-0.3, -0.25) is 4.72 Å². The van der Waals surface area contributed by atoms with Crippen molar-refractivity contribution in [3.8, 4) is 0 Å². The van der Waals surface area contributed by atoms with Gasteiger partial charge in [-0.15, -0.1) is 0 Å². The first-order chi connectivity index (χ1) is 8.90. The van der Waals surface area contributed by atoms with Crippen LogP contribution in [0.4, 0.5) is 5.69 Å². The summed E-state index contributed by atoms with van der Waals surface area (Å²) in [4.78, 5) is 0. The molecule has 1 fully saturated rings. The molecule has 1 heterocycles. The molecule has 0 spiro atoms. The summed E-state index contributed by atoms with van der Waals surface area (Å²) in [7, 11) is -3.45. The normalized spacial score (nSPS) is 17.4. The SMILES string of the molecule is Cc1cc(C)c(NS(=O)(=O)N2CCNCC2)c(C)c1. The van der Waals surface area contributed by atoms with E-state index in [9.17, 15) is 8.42 Å². The summed E-state index contributed by atoms with van der Waals surface area (Å²) in [6.45, 7) is 8.29. The molecule has 19 heavy (non-hydrogen) atoms. The van der Waals surface area contributed by atoms with E-state index in [2.05, 4.69) is 10.0 Å². The molecule has 1 aromatic rings. The largest absolute Gasteiger partial charge is 0.314 e. The average molecular weight is 283 g/mol. The van der Waals surface area contributed by atoms with Crippen molar-refractivity contribution in [2.75, 3.05) is 30.9 Å². The monoisotopic (exact) mass is 283 g/mol. The van der Waals surface area contributed by atoms with E-state index in [1.165, 1.54) is 4.31 Å². The van der Waals surface area contributed by atoms with Crippen LogP contribution in [0.1, 0.15) is 16.7 Å². The van der Waals surface area contributed by atoms with Crippen molar-refractivity contribution in [2.24, 2.45) is 0 Å². The van der Waals surface area contributed by atoms with Crippen molar-refractivity contribution in [1.82, 2.24) is 9.62 Å². The van der Waals surface area contributed by atoms with Crippen molar-refractivity contribution in [3.63, 3.8) is 0 Å². The molecule has 6 heteroatoms. The molecule has 5 nitrogen and oxygen atoms in total. The number of hydrogen-bond acceptors (Lipinski definition) is 3. The van der Waals surface area contributed by atoms with E-state index in [4.69, 9.17) is 0 Å². The molecular weight excluding hydrogens is 262 g/mol. The van der Waals surface area contributed by atoms with Gasteiger partial charge < -0.3 is 5.32 Å². The molecule has 2 rings (SSSR count). The first-order valence-corrected chi connectivity index (χ1v) is 7.90. The second kappa shape index (κ2) is 5.48. The molecule has 0 atom stereocenters. The minimum atomic E-state index is -3.45. The van der Waals surface area contributed by atoms with Crippen LogP contribution in [0.2, 0.25) is 0 Å². The maximum absolute atomic E-state index is 12.3. The molecule has 0 aromatic heterocycles. The van der Waals surface area contributed by atoms with Crippen LogP contribution in [0.3, 0.4) is 0 Å². The Morgan fingerprint density at radius 3 is 2.16 bits per heavy atom. The lowest BCUT2D eigenvalue weighted by Gasteiger charge is -2.27. The van der Waals surface area contributed by atoms with Gasteiger partial charge in [-0.2, -0.15) is 12.7 Å². The quantitative estimate of drug-likeness (QED) is 0.875. The summed E-state index contributed by atoms with van der Waals surface area (Å²) >= 11 is 0. The Balaban J connectivity index is 2.25. The third-order valence-corrected chi connectivity index (χ3v) is 4.83. The van der Waals surface area contributed by atoms with Gasteiger partial charge in [0.2, 0.25) is 0 Å². The van der Waals surface area contributed by atoms with E-state index in [-0.39, 0.29) is 0 Å². The van der Waals surface area contributed by atoms with Crippen LogP contribution in [0, 0.1) is 20.8 Å². The van der Waals surface area contributed by atoms with E-state index >= 15 is 0 Å². The predicted octanol–water partition coefficient (Wildman–Crippen LogP) is 1.17. The zero-order valence-corrected chi connectivity index (χ0v) is 12.5. The number of anilines is 1. The minimum absolute atomic E-state index is 0.513. The first kappa shape index (κ1) is 14.3. The average Bonchev–Trinajstić information content (AvgIpc) is 2.35. The summed E-state index contributed by atoms with van der Waals surface area (Å²) in [5.74, 6) is 0. The van der Waals surface area contributed by atoms with Gasteiger partial charge in [0.15, 0.2) is 0 Å². The van der Waals surface area contributed by atoms with E-state index in [1.54, 1.807) is 0 Å². The summed E-state index contributed by atoms with van der Waals surface area (Å²) in [6.07, 6.45) is 0. The van der Waals surface area contributed by atoms with Gasteiger partial charge in [-0.1, -0.05) is 17.7 Å². The molecule has 106 valence electrons. The zero-order valence-electron chi connectivity index (χ0n) is 11.7. The Kier molecular flexibility index (Phi) is 4.13. The summed E-state index contributed by atoms with van der Waals surface area (Å²) in [5.41, 5.74) is 3.75. The smallest absolute Gasteiger partial charge is 0.301 e. The molecule has 2 N–H and O–H groups in total. The Hall–Kier alpha value is -1.11. The summed E-state index contributed by atoms with van der Waals surface area (Å²) < 4.78 is 28.9. The topological polar surface area (TPSA) is 61.4 Å². The lowest BCUT2D eigenvalue weighted by molar-refractivity contribution is 0.362. The summed E-state index contributed by atoms with van der Waals surface area (Å²) in [6, 6.07) is 3.98. The highest BCUT2D eigenvalue weighted by Crippen LogP contribution is 2.23. The minimum Gasteiger partial charge on any atom is -0.314 e. The van der Waals surface area contributed by atoms with Crippen molar-refractivity contribution < 1.29 is 8.42 Å². The van der Waals surface area contributed by atoms with Crippen LogP contribution >= 0.6 is 0 Å². The van der Waals surface area contributed by atoms with Crippen LogP contribution < -0.4 is 10.0 Å². The molecule has 0 amide bonds. The number of benzene rings is 1. The standard InChI is InChI=1S/C13H21N3O2S/c1-10-8-11(2)13(12(3)9-10)15-19(17,18)16-6-4-14-5-7-16/h8-9,14-15H,4-7H2,1-3H3. The number of nitrogens with zero attached hydrogens (tertiary/aromatic N) is 1. The Labute approximate surface area is 115 Å². The van der Waals surface area contributed by atoms with Crippen LogP contribution in [0.15, 0.2) is 12.1 Å². The highest BCUT2D eigenvalue weighted by atomic mass is 32.2. The first-order valence-electron chi connectivity index (χ1n) is 6.46. The molecule has 0 saturated carbocycles. The van der Waals surface area contributed by atoms with E-state index in [1.807, 2.05) is 32.9 Å². The van der Waals surface area contributed by atoms with E-state index < -0.39 is 10.2 Å². The predicted molar refractivity (Wildman–Crippen MR) is 77.6 cm³/mol. The molecule has 1 aliphatic heterocycles. The van der Waals surface area contributed by atoms with Crippen molar-refractivity contribution >= 4 is 15.9 Å². The van der Waals surface area contributed by atoms with Gasteiger partial charge in [0.25, 0.3) is 0 Å². The second-order valence-electron chi connectivity index (χ2n) is 5.03. The van der Waals surface area contributed by atoms with E-state index in [0.29, 0.717) is 31.9 Å². The molecule has 0 radical (unpaired) electrons. The highest BCUT2D eigenvalue weighted by Gasteiger charge is 2.24. The van der Waals surface area contributed by atoms with Crippen LogP contribution in [0.25, 0.3) is 0 Å². The fourth-order valence-electron chi connectivity index (χ4n) is 2.42. The third-order valence-electron chi connectivity index (χ3n) is 3.32. The molecule has 1 saturated heterocycles. The fourth-order valence-corrected chi connectivity index (χ4v) is 3.79. The molecule has 1 aliphatic rings. The van der Waals surface area contributed by atoms with Gasteiger partial charge in [0, 0.05) is 26.2 Å². The van der Waals surface area contributed by atoms with Crippen LogP contribution in [-0.2, 0) is 10.2 Å². The fraction of sp³-hybridized carbons (Fsp3) is 0.538. The van der Waals surface area contributed by atoms with Crippen LogP contribution in [-0.4, -0.2) is 38.9 Å². The van der Waals surface area contributed by atoms with Crippen LogP contribution in [0.5, 0.6) is 0 Å². The number of nitrogens with one attached hydrogen (secondary N) is 2. The van der Waals surface area contributed by atoms with Crippen molar-refractivity contribution in [2.45, 2.75) is 20.8 Å². The number of piperazine rings is 1. The van der Waals surface area contributed by atoms with E-state index in [0.717, 1.165) is 16.7 Å². The number of hydrogen-bond donors (Lipinski definition) is 2. The third kappa shape index (κ3) is 3.26. The van der Waals surface area contributed by atoms with Gasteiger partial charge in [-0.05, 0) is 31.9 Å². The Bertz CT molecular complexity index is 540. The highest BCUT2D eigenvalue weighted by molar-refractivity contribution is 7.90. The molecule has 0 unspecified atom stereocenters. The lowest BCUT2D eigenvalue weighted by Crippen LogP contribution is -2.48. The van der Waals surface area contributed by atoms with Gasteiger partial charge in [0.05, 0.1) is 5.69 Å². The summed E-state index contributed by atoms with van der Waals surface area (Å²) in [5, 5.41) is 3.15. The number of rotatable bonds is 3. The second-order valence-corrected chi connectivity index (χ2v) is 6.70. The maximum atomic E-state index is 12.3. The molecule has 0 aliphatic carbocycles. The maximum Gasteiger partial charge on any atom is 0.301 e. The zero-order chi connectivity index (χ0) is 14.0. The molecular formula is C13H21N3O2S. The number of aryl methyl sites for hydroxylation is 3. The Morgan fingerprint density at radius 1 is 1.11 bits per heavy atom. The lowest BCUT2D eigenvalue weighted by atomic mass is 10.1. The molecule has 0 bridgehead atoms. The van der Waals surface area contributed by atoms with Crippen molar-refractivity contribution in [3.05, 3.63) is 28.8 Å². The van der Waals surface area contributed by atoms with Crippen molar-refractivity contribution in [1.29, 1.82) is 0 Å². The van der Waals surface area contributed by atoms with Gasteiger partial charge >= 0.3 is 10.2 Å². The molecule has 1 aromatic carbocycles.